The lowest BCUT2D eigenvalue weighted by molar-refractivity contribution is -0.137. The maximum atomic E-state index is 13.3. The van der Waals surface area contributed by atoms with E-state index in [9.17, 15) is 22.8 Å². The van der Waals surface area contributed by atoms with Crippen molar-refractivity contribution in [3.8, 4) is 5.69 Å². The van der Waals surface area contributed by atoms with Gasteiger partial charge in [0.1, 0.15) is 4.70 Å². The summed E-state index contributed by atoms with van der Waals surface area (Å²) in [6, 6.07) is 11.8. The number of fused-ring (bicyclic) bond motifs is 1. The zero-order valence-electron chi connectivity index (χ0n) is 16.2. The second-order valence-corrected chi connectivity index (χ2v) is 8.04. The van der Waals surface area contributed by atoms with E-state index in [1.807, 2.05) is 32.0 Å². The molecule has 0 radical (unpaired) electrons. The summed E-state index contributed by atoms with van der Waals surface area (Å²) in [5.74, 6) is 0. The Kier molecular flexibility index (Phi) is 4.89. The van der Waals surface area contributed by atoms with Crippen molar-refractivity contribution >= 4 is 21.6 Å². The highest BCUT2D eigenvalue weighted by molar-refractivity contribution is 7.17. The molecule has 0 aliphatic rings. The molecule has 4 rings (SSSR count). The molecule has 0 aliphatic heterocycles. The molecule has 0 atom stereocenters. The van der Waals surface area contributed by atoms with Gasteiger partial charge in [0, 0.05) is 0 Å². The summed E-state index contributed by atoms with van der Waals surface area (Å²) in [4.78, 5) is 26.3. The van der Waals surface area contributed by atoms with Gasteiger partial charge in [0.25, 0.3) is 5.56 Å². The highest BCUT2D eigenvalue weighted by Crippen LogP contribution is 2.30. The van der Waals surface area contributed by atoms with Crippen LogP contribution in [0.2, 0.25) is 0 Å². The Morgan fingerprint density at radius 3 is 2.47 bits per heavy atom. The molecule has 0 saturated heterocycles. The maximum absolute atomic E-state index is 13.3. The molecule has 0 amide bonds. The number of hydrogen-bond acceptors (Lipinski definition) is 3. The normalized spacial score (nSPS) is 11.9. The molecule has 0 unspecified atom stereocenters. The van der Waals surface area contributed by atoms with Gasteiger partial charge in [0.15, 0.2) is 0 Å². The molecule has 154 valence electrons. The van der Waals surface area contributed by atoms with Crippen LogP contribution in [0.15, 0.2) is 63.5 Å². The topological polar surface area (TPSA) is 44.0 Å². The van der Waals surface area contributed by atoms with Gasteiger partial charge in [-0.15, -0.1) is 11.3 Å². The SMILES string of the molecule is Cc1ccc(Cn2c(=O)n(-c3cccc(C(F)(F)F)c3)c(=O)c3sccc32)c(C)c1. The average molecular weight is 430 g/mol. The summed E-state index contributed by atoms with van der Waals surface area (Å²) < 4.78 is 42.1. The van der Waals surface area contributed by atoms with Crippen LogP contribution >= 0.6 is 11.3 Å². The lowest BCUT2D eigenvalue weighted by Gasteiger charge is -2.15. The highest BCUT2D eigenvalue weighted by atomic mass is 32.1. The summed E-state index contributed by atoms with van der Waals surface area (Å²) in [5.41, 5.74) is 1.11. The molecule has 0 fully saturated rings. The zero-order chi connectivity index (χ0) is 21.6. The largest absolute Gasteiger partial charge is 0.416 e. The molecule has 0 N–H and O–H groups in total. The Balaban J connectivity index is 1.97. The van der Waals surface area contributed by atoms with Crippen molar-refractivity contribution in [3.05, 3.63) is 97.0 Å². The van der Waals surface area contributed by atoms with E-state index in [1.54, 1.807) is 11.4 Å². The van der Waals surface area contributed by atoms with Crippen molar-refractivity contribution < 1.29 is 13.2 Å². The fraction of sp³-hybridized carbons (Fsp3) is 0.182. The van der Waals surface area contributed by atoms with Gasteiger partial charge in [0.2, 0.25) is 0 Å². The highest BCUT2D eigenvalue weighted by Gasteiger charge is 2.31. The second-order valence-electron chi connectivity index (χ2n) is 7.12. The van der Waals surface area contributed by atoms with Crippen molar-refractivity contribution in [3.63, 3.8) is 0 Å². The van der Waals surface area contributed by atoms with Crippen LogP contribution in [0.3, 0.4) is 0 Å². The van der Waals surface area contributed by atoms with Crippen molar-refractivity contribution in [2.24, 2.45) is 0 Å². The molecule has 8 heteroatoms. The fourth-order valence-electron chi connectivity index (χ4n) is 3.48. The minimum atomic E-state index is -4.58. The van der Waals surface area contributed by atoms with Crippen molar-refractivity contribution in [2.45, 2.75) is 26.6 Å². The number of alkyl halides is 3. The summed E-state index contributed by atoms with van der Waals surface area (Å²) in [6.07, 6.45) is -4.58. The van der Waals surface area contributed by atoms with E-state index < -0.39 is 23.0 Å². The number of hydrogen-bond donors (Lipinski definition) is 0. The summed E-state index contributed by atoms with van der Waals surface area (Å²) in [7, 11) is 0. The standard InChI is InChI=1S/C22H17F3N2O2S/c1-13-6-7-15(14(2)10-13)12-26-18-8-9-30-19(18)20(28)27(21(26)29)17-5-3-4-16(11-17)22(23,24)25/h3-11H,12H2,1-2H3. The molecule has 0 saturated carbocycles. The molecule has 30 heavy (non-hydrogen) atoms. The Morgan fingerprint density at radius 1 is 1.00 bits per heavy atom. The van der Waals surface area contributed by atoms with Gasteiger partial charge < -0.3 is 0 Å². The van der Waals surface area contributed by atoms with E-state index in [2.05, 4.69) is 0 Å². The van der Waals surface area contributed by atoms with Crippen molar-refractivity contribution in [2.75, 3.05) is 0 Å². The Bertz CT molecular complexity index is 1380. The van der Waals surface area contributed by atoms with Gasteiger partial charge in [-0.2, -0.15) is 13.2 Å². The van der Waals surface area contributed by atoms with Gasteiger partial charge in [-0.05, 0) is 54.6 Å². The average Bonchev–Trinajstić information content (AvgIpc) is 3.16. The first-order chi connectivity index (χ1) is 14.2. The molecular weight excluding hydrogens is 413 g/mol. The first-order valence-electron chi connectivity index (χ1n) is 9.13. The van der Waals surface area contributed by atoms with Crippen molar-refractivity contribution in [1.82, 2.24) is 9.13 Å². The molecule has 4 nitrogen and oxygen atoms in total. The smallest absolute Gasteiger partial charge is 0.288 e. The summed E-state index contributed by atoms with van der Waals surface area (Å²) in [6.45, 7) is 4.10. The van der Waals surface area contributed by atoms with E-state index in [4.69, 9.17) is 0 Å². The third kappa shape index (κ3) is 3.47. The minimum absolute atomic E-state index is 0.107. The fourth-order valence-corrected chi connectivity index (χ4v) is 4.31. The van der Waals surface area contributed by atoms with Crippen LogP contribution in [-0.2, 0) is 12.7 Å². The molecule has 0 spiro atoms. The molecule has 0 bridgehead atoms. The van der Waals surface area contributed by atoms with E-state index in [0.717, 1.165) is 44.7 Å². The number of aromatic nitrogens is 2. The van der Waals surface area contributed by atoms with Crippen LogP contribution in [0.4, 0.5) is 13.2 Å². The van der Waals surface area contributed by atoms with Crippen LogP contribution in [0.5, 0.6) is 0 Å². The summed E-state index contributed by atoms with van der Waals surface area (Å²) in [5, 5.41) is 1.69. The summed E-state index contributed by atoms with van der Waals surface area (Å²) >= 11 is 1.16. The van der Waals surface area contributed by atoms with Crippen LogP contribution in [0.1, 0.15) is 22.3 Å². The number of nitrogens with zero attached hydrogens (tertiary/aromatic N) is 2. The van der Waals surface area contributed by atoms with E-state index in [0.29, 0.717) is 10.2 Å². The Hall–Kier alpha value is -3.13. The quantitative estimate of drug-likeness (QED) is 0.464. The number of thiophene rings is 1. The molecular formula is C22H17F3N2O2S. The predicted molar refractivity (Wildman–Crippen MR) is 112 cm³/mol. The Labute approximate surface area is 173 Å². The first kappa shape index (κ1) is 20.2. The number of halogens is 3. The minimum Gasteiger partial charge on any atom is -0.288 e. The lowest BCUT2D eigenvalue weighted by Crippen LogP contribution is -2.38. The van der Waals surface area contributed by atoms with Gasteiger partial charge in [-0.1, -0.05) is 29.8 Å². The molecule has 4 aromatic rings. The van der Waals surface area contributed by atoms with E-state index in [1.165, 1.54) is 16.7 Å². The molecule has 0 aliphatic carbocycles. The van der Waals surface area contributed by atoms with E-state index in [-0.39, 0.29) is 12.2 Å². The second kappa shape index (κ2) is 7.28. The van der Waals surface area contributed by atoms with Gasteiger partial charge in [-0.3, -0.25) is 9.36 Å². The molecule has 2 aromatic heterocycles. The molecule has 2 aromatic carbocycles. The monoisotopic (exact) mass is 430 g/mol. The van der Waals surface area contributed by atoms with Crippen LogP contribution < -0.4 is 11.2 Å². The third-order valence-corrected chi connectivity index (χ3v) is 5.90. The van der Waals surface area contributed by atoms with Crippen LogP contribution in [0, 0.1) is 13.8 Å². The first-order valence-corrected chi connectivity index (χ1v) is 10.0. The lowest BCUT2D eigenvalue weighted by atomic mass is 10.1. The van der Waals surface area contributed by atoms with Gasteiger partial charge >= 0.3 is 11.9 Å². The van der Waals surface area contributed by atoms with Crippen LogP contribution in [0.25, 0.3) is 15.9 Å². The maximum Gasteiger partial charge on any atom is 0.416 e. The van der Waals surface area contributed by atoms with Gasteiger partial charge in [0.05, 0.1) is 23.3 Å². The molecule has 2 heterocycles. The van der Waals surface area contributed by atoms with Gasteiger partial charge in [-0.25, -0.2) is 9.36 Å². The van der Waals surface area contributed by atoms with Crippen LogP contribution in [-0.4, -0.2) is 9.13 Å². The number of benzene rings is 2. The number of rotatable bonds is 3. The Morgan fingerprint density at radius 2 is 1.77 bits per heavy atom. The van der Waals surface area contributed by atoms with E-state index >= 15 is 0 Å². The predicted octanol–water partition coefficient (Wildman–Crippen LogP) is 4.90. The van der Waals surface area contributed by atoms with Crippen molar-refractivity contribution in [1.29, 1.82) is 0 Å². The zero-order valence-corrected chi connectivity index (χ0v) is 17.0. The number of aryl methyl sites for hydroxylation is 2. The third-order valence-electron chi connectivity index (χ3n) is 5.01.